The van der Waals surface area contributed by atoms with Gasteiger partial charge in [-0.25, -0.2) is 13.8 Å². The lowest BCUT2D eigenvalue weighted by Crippen LogP contribution is -2.14. The quantitative estimate of drug-likeness (QED) is 0.861. The number of nitrogens with zero attached hydrogens (tertiary/aromatic N) is 2. The molecule has 0 unspecified atom stereocenters. The molecule has 2 rings (SSSR count). The molecule has 1 aromatic carbocycles. The smallest absolute Gasteiger partial charge is 0.204 e. The van der Waals surface area contributed by atoms with E-state index in [9.17, 15) is 13.9 Å². The lowest BCUT2D eigenvalue weighted by atomic mass is 10.1. The van der Waals surface area contributed by atoms with Crippen LogP contribution in [0.5, 0.6) is 0 Å². The van der Waals surface area contributed by atoms with Crippen molar-refractivity contribution in [1.29, 1.82) is 0 Å². The molecule has 1 N–H and O–H groups in total. The Bertz CT molecular complexity index is 767. The van der Waals surface area contributed by atoms with E-state index in [1.54, 1.807) is 25.3 Å². The van der Waals surface area contributed by atoms with E-state index in [1.165, 1.54) is 6.07 Å². The fourth-order valence-electron chi connectivity index (χ4n) is 1.83. The summed E-state index contributed by atoms with van der Waals surface area (Å²) in [5, 5.41) is 9.82. The van der Waals surface area contributed by atoms with Gasteiger partial charge in [-0.2, -0.15) is 0 Å². The van der Waals surface area contributed by atoms with Gasteiger partial charge in [0.2, 0.25) is 5.28 Å². The summed E-state index contributed by atoms with van der Waals surface area (Å²) in [7, 11) is 0. The maximum absolute atomic E-state index is 13.3. The standard InChI is InChI=1S/C16H15ClF2N2O/c1-10-14(6-7-16(2,3)22)20-15(17)21(10)9-11-4-5-12(18)13(19)8-11/h4-5,8,22H,9H2,1-3H3. The molecule has 0 radical (unpaired) electrons. The van der Waals surface area contributed by atoms with Crippen LogP contribution < -0.4 is 0 Å². The zero-order chi connectivity index (χ0) is 16.5. The minimum atomic E-state index is -1.14. The summed E-state index contributed by atoms with van der Waals surface area (Å²) in [5.41, 5.74) is 0.549. The SMILES string of the molecule is Cc1c(C#CC(C)(C)O)nc(Cl)n1Cc1ccc(F)c(F)c1. The number of rotatable bonds is 2. The first kappa shape index (κ1) is 16.5. The highest BCUT2D eigenvalue weighted by atomic mass is 35.5. The van der Waals surface area contributed by atoms with Crippen molar-refractivity contribution in [2.45, 2.75) is 32.9 Å². The first-order valence-electron chi connectivity index (χ1n) is 6.59. The normalized spacial score (nSPS) is 11.2. The molecule has 0 aliphatic carbocycles. The minimum Gasteiger partial charge on any atom is -0.378 e. The molecule has 22 heavy (non-hydrogen) atoms. The van der Waals surface area contributed by atoms with Crippen molar-refractivity contribution in [2.75, 3.05) is 0 Å². The average Bonchev–Trinajstić information content (AvgIpc) is 2.67. The molecule has 0 aliphatic rings. The Morgan fingerprint density at radius 1 is 1.32 bits per heavy atom. The molecule has 1 aromatic heterocycles. The van der Waals surface area contributed by atoms with Crippen molar-refractivity contribution in [3.05, 3.63) is 52.1 Å². The highest BCUT2D eigenvalue weighted by Gasteiger charge is 2.13. The van der Waals surface area contributed by atoms with Crippen molar-refractivity contribution < 1.29 is 13.9 Å². The Balaban J connectivity index is 2.34. The van der Waals surface area contributed by atoms with Crippen LogP contribution in [-0.4, -0.2) is 20.3 Å². The molecule has 6 heteroatoms. The molecule has 2 aromatic rings. The van der Waals surface area contributed by atoms with Crippen LogP contribution in [0.25, 0.3) is 0 Å². The molecule has 0 bridgehead atoms. The Morgan fingerprint density at radius 2 is 2.00 bits per heavy atom. The Labute approximate surface area is 132 Å². The summed E-state index contributed by atoms with van der Waals surface area (Å²) in [6.45, 7) is 5.15. The first-order chi connectivity index (χ1) is 10.2. The number of imidazole rings is 1. The van der Waals surface area contributed by atoms with Crippen LogP contribution in [-0.2, 0) is 6.54 Å². The molecule has 0 aliphatic heterocycles. The van der Waals surface area contributed by atoms with Gasteiger partial charge < -0.3 is 9.67 Å². The van der Waals surface area contributed by atoms with Crippen LogP contribution >= 0.6 is 11.6 Å². The third kappa shape index (κ3) is 3.85. The number of hydrogen-bond donors (Lipinski definition) is 1. The van der Waals surface area contributed by atoms with Gasteiger partial charge in [0, 0.05) is 0 Å². The van der Waals surface area contributed by atoms with E-state index in [0.29, 0.717) is 17.0 Å². The predicted octanol–water partition coefficient (Wildman–Crippen LogP) is 3.29. The zero-order valence-corrected chi connectivity index (χ0v) is 13.2. The minimum absolute atomic E-state index is 0.197. The van der Waals surface area contributed by atoms with Crippen LogP contribution in [0.1, 0.15) is 30.8 Å². The van der Waals surface area contributed by atoms with E-state index >= 15 is 0 Å². The molecule has 3 nitrogen and oxygen atoms in total. The molecule has 0 atom stereocenters. The molecule has 0 fully saturated rings. The van der Waals surface area contributed by atoms with Crippen molar-refractivity contribution in [3.8, 4) is 11.8 Å². The van der Waals surface area contributed by atoms with Gasteiger partial charge in [0.15, 0.2) is 11.6 Å². The Kier molecular flexibility index (Phi) is 4.55. The van der Waals surface area contributed by atoms with Crippen LogP contribution in [0.3, 0.4) is 0 Å². The molecule has 116 valence electrons. The van der Waals surface area contributed by atoms with Crippen LogP contribution in [0.4, 0.5) is 8.78 Å². The van der Waals surface area contributed by atoms with Gasteiger partial charge >= 0.3 is 0 Å². The second kappa shape index (κ2) is 6.07. The number of hydrogen-bond acceptors (Lipinski definition) is 2. The molecular weight excluding hydrogens is 310 g/mol. The van der Waals surface area contributed by atoms with E-state index in [1.807, 2.05) is 0 Å². The van der Waals surface area contributed by atoms with Gasteiger partial charge in [-0.3, -0.25) is 0 Å². The average molecular weight is 325 g/mol. The Hall–Kier alpha value is -1.90. The zero-order valence-electron chi connectivity index (χ0n) is 12.4. The van der Waals surface area contributed by atoms with Gasteiger partial charge in [-0.1, -0.05) is 12.0 Å². The molecule has 0 saturated carbocycles. The van der Waals surface area contributed by atoms with Gasteiger partial charge in [0.05, 0.1) is 12.2 Å². The van der Waals surface area contributed by atoms with E-state index in [2.05, 4.69) is 16.8 Å². The predicted molar refractivity (Wildman–Crippen MR) is 80.6 cm³/mol. The number of aliphatic hydroxyl groups is 1. The first-order valence-corrected chi connectivity index (χ1v) is 6.97. The number of halogens is 3. The third-order valence-electron chi connectivity index (χ3n) is 2.99. The van der Waals surface area contributed by atoms with Gasteiger partial charge in [-0.15, -0.1) is 0 Å². The second-order valence-electron chi connectivity index (χ2n) is 5.46. The summed E-state index contributed by atoms with van der Waals surface area (Å²) < 4.78 is 27.8. The lowest BCUT2D eigenvalue weighted by Gasteiger charge is -2.07. The van der Waals surface area contributed by atoms with E-state index in [4.69, 9.17) is 11.6 Å². The maximum atomic E-state index is 13.3. The van der Waals surface area contributed by atoms with Crippen molar-refractivity contribution >= 4 is 11.6 Å². The monoisotopic (exact) mass is 324 g/mol. The summed E-state index contributed by atoms with van der Waals surface area (Å²) in [6, 6.07) is 3.67. The lowest BCUT2D eigenvalue weighted by molar-refractivity contribution is 0.143. The van der Waals surface area contributed by atoms with Crippen LogP contribution in [0.15, 0.2) is 18.2 Å². The van der Waals surface area contributed by atoms with E-state index in [-0.39, 0.29) is 11.8 Å². The fraction of sp³-hybridized carbons (Fsp3) is 0.312. The molecule has 0 amide bonds. The van der Waals surface area contributed by atoms with E-state index in [0.717, 1.165) is 12.1 Å². The summed E-state index contributed by atoms with van der Waals surface area (Å²) in [5.74, 6) is 3.63. The maximum Gasteiger partial charge on any atom is 0.204 e. The second-order valence-corrected chi connectivity index (χ2v) is 5.80. The van der Waals surface area contributed by atoms with Gasteiger partial charge in [0.25, 0.3) is 0 Å². The largest absolute Gasteiger partial charge is 0.378 e. The van der Waals surface area contributed by atoms with Crippen LogP contribution in [0.2, 0.25) is 5.28 Å². The van der Waals surface area contributed by atoms with Crippen molar-refractivity contribution in [3.63, 3.8) is 0 Å². The van der Waals surface area contributed by atoms with Gasteiger partial charge in [0.1, 0.15) is 11.3 Å². The molecular formula is C16H15ClF2N2O. The van der Waals surface area contributed by atoms with Gasteiger partial charge in [-0.05, 0) is 56.0 Å². The summed E-state index contributed by atoms with van der Waals surface area (Å²) >= 11 is 6.07. The number of aromatic nitrogens is 2. The van der Waals surface area contributed by atoms with Crippen molar-refractivity contribution in [2.24, 2.45) is 0 Å². The Morgan fingerprint density at radius 3 is 2.59 bits per heavy atom. The molecule has 0 saturated heterocycles. The summed E-state index contributed by atoms with van der Waals surface area (Å²) in [6.07, 6.45) is 0. The molecule has 1 heterocycles. The highest BCUT2D eigenvalue weighted by Crippen LogP contribution is 2.18. The van der Waals surface area contributed by atoms with E-state index < -0.39 is 17.2 Å². The topological polar surface area (TPSA) is 38.1 Å². The third-order valence-corrected chi connectivity index (χ3v) is 3.27. The van der Waals surface area contributed by atoms with Crippen LogP contribution in [0, 0.1) is 30.4 Å². The highest BCUT2D eigenvalue weighted by molar-refractivity contribution is 6.28. The summed E-state index contributed by atoms with van der Waals surface area (Å²) in [4.78, 5) is 4.13. The fourth-order valence-corrected chi connectivity index (χ4v) is 2.11. The molecule has 0 spiro atoms. The van der Waals surface area contributed by atoms with Crippen molar-refractivity contribution in [1.82, 2.24) is 9.55 Å². The number of benzene rings is 1.